The summed E-state index contributed by atoms with van der Waals surface area (Å²) < 4.78 is 22.1. The van der Waals surface area contributed by atoms with Crippen molar-refractivity contribution in [2.45, 2.75) is 12.8 Å². The number of ether oxygens (including phenoxy) is 4. The summed E-state index contributed by atoms with van der Waals surface area (Å²) in [4.78, 5) is 6.71. The summed E-state index contributed by atoms with van der Waals surface area (Å²) in [6.45, 7) is 2.18. The molecule has 4 aromatic rings. The van der Waals surface area contributed by atoms with Crippen LogP contribution >= 0.6 is 0 Å². The molecular formula is C22H24N2O4. The summed E-state index contributed by atoms with van der Waals surface area (Å²) in [6.07, 6.45) is 4.07. The zero-order valence-corrected chi connectivity index (χ0v) is 16.7. The first kappa shape index (κ1) is 18.1. The van der Waals surface area contributed by atoms with E-state index in [1.807, 2.05) is 36.7 Å². The fourth-order valence-corrected chi connectivity index (χ4v) is 3.87. The quantitative estimate of drug-likeness (QED) is 0.502. The van der Waals surface area contributed by atoms with E-state index in [2.05, 4.69) is 16.9 Å². The van der Waals surface area contributed by atoms with Crippen molar-refractivity contribution in [2.75, 3.05) is 28.4 Å². The molecule has 0 amide bonds. The summed E-state index contributed by atoms with van der Waals surface area (Å²) in [5.41, 5.74) is 4.25. The monoisotopic (exact) mass is 380 g/mol. The van der Waals surface area contributed by atoms with Crippen LogP contribution in [0.3, 0.4) is 0 Å². The standard InChI is InChI=1S/C22H24N2O4/c1-12(15-10-23-17-6-13(25-2)8-19(27-4)21(15)17)16-11-24-18-7-14(26-3)9-20(28-5)22(16)18/h6-12,23-24H,1-5H3. The van der Waals surface area contributed by atoms with Crippen LogP contribution in [-0.4, -0.2) is 38.4 Å². The van der Waals surface area contributed by atoms with Gasteiger partial charge >= 0.3 is 0 Å². The second-order valence-corrected chi connectivity index (χ2v) is 6.71. The van der Waals surface area contributed by atoms with E-state index in [-0.39, 0.29) is 5.92 Å². The number of rotatable bonds is 6. The van der Waals surface area contributed by atoms with E-state index in [0.717, 1.165) is 55.9 Å². The molecule has 0 radical (unpaired) electrons. The Morgan fingerprint density at radius 1 is 0.643 bits per heavy atom. The van der Waals surface area contributed by atoms with Crippen molar-refractivity contribution < 1.29 is 18.9 Å². The minimum absolute atomic E-state index is 0.104. The van der Waals surface area contributed by atoms with Crippen molar-refractivity contribution in [2.24, 2.45) is 0 Å². The largest absolute Gasteiger partial charge is 0.497 e. The third-order valence-electron chi connectivity index (χ3n) is 5.34. The molecule has 2 heterocycles. The average Bonchev–Trinajstić information content (AvgIpc) is 3.35. The highest BCUT2D eigenvalue weighted by Gasteiger charge is 2.22. The Balaban J connectivity index is 1.90. The normalized spacial score (nSPS) is 11.4. The Morgan fingerprint density at radius 3 is 1.43 bits per heavy atom. The molecule has 0 saturated carbocycles. The van der Waals surface area contributed by atoms with Gasteiger partial charge in [-0.25, -0.2) is 0 Å². The van der Waals surface area contributed by atoms with Crippen LogP contribution in [0.2, 0.25) is 0 Å². The molecule has 6 heteroatoms. The van der Waals surface area contributed by atoms with Gasteiger partial charge in [-0.2, -0.15) is 0 Å². The van der Waals surface area contributed by atoms with E-state index >= 15 is 0 Å². The first-order valence-electron chi connectivity index (χ1n) is 9.07. The van der Waals surface area contributed by atoms with E-state index in [1.54, 1.807) is 28.4 Å². The maximum absolute atomic E-state index is 5.65. The van der Waals surface area contributed by atoms with Gasteiger partial charge in [0, 0.05) is 53.3 Å². The molecule has 2 N–H and O–H groups in total. The topological polar surface area (TPSA) is 68.5 Å². The van der Waals surface area contributed by atoms with Gasteiger partial charge in [-0.1, -0.05) is 6.92 Å². The Morgan fingerprint density at radius 2 is 1.07 bits per heavy atom. The van der Waals surface area contributed by atoms with Crippen molar-refractivity contribution in [1.82, 2.24) is 9.97 Å². The van der Waals surface area contributed by atoms with Crippen molar-refractivity contribution in [3.8, 4) is 23.0 Å². The maximum atomic E-state index is 5.65. The van der Waals surface area contributed by atoms with Crippen molar-refractivity contribution in [3.05, 3.63) is 47.8 Å². The Labute approximate surface area is 163 Å². The number of methoxy groups -OCH3 is 4. The van der Waals surface area contributed by atoms with Crippen LogP contribution in [0.5, 0.6) is 23.0 Å². The van der Waals surface area contributed by atoms with Crippen LogP contribution in [0.25, 0.3) is 21.8 Å². The molecule has 4 rings (SSSR count). The van der Waals surface area contributed by atoms with Gasteiger partial charge in [0.1, 0.15) is 23.0 Å². The van der Waals surface area contributed by atoms with E-state index < -0.39 is 0 Å². The second kappa shape index (κ2) is 7.03. The van der Waals surface area contributed by atoms with Crippen molar-refractivity contribution in [3.63, 3.8) is 0 Å². The molecule has 0 aliphatic carbocycles. The number of H-pyrrole nitrogens is 2. The molecule has 0 atom stereocenters. The number of hydrogen-bond acceptors (Lipinski definition) is 4. The van der Waals surface area contributed by atoms with Crippen molar-refractivity contribution in [1.29, 1.82) is 0 Å². The highest BCUT2D eigenvalue weighted by atomic mass is 16.5. The number of benzene rings is 2. The SMILES string of the molecule is COc1cc(OC)c2c(C(C)c3c[nH]c4cc(OC)cc(OC)c34)c[nH]c2c1. The van der Waals surface area contributed by atoms with Crippen LogP contribution in [0.1, 0.15) is 24.0 Å². The summed E-state index contributed by atoms with van der Waals surface area (Å²) in [5, 5.41) is 2.11. The third kappa shape index (κ3) is 2.72. The van der Waals surface area contributed by atoms with Gasteiger partial charge in [-0.05, 0) is 11.1 Å². The van der Waals surface area contributed by atoms with E-state index in [9.17, 15) is 0 Å². The zero-order valence-electron chi connectivity index (χ0n) is 16.7. The third-order valence-corrected chi connectivity index (χ3v) is 5.34. The fourth-order valence-electron chi connectivity index (χ4n) is 3.87. The first-order chi connectivity index (χ1) is 13.6. The van der Waals surface area contributed by atoms with Gasteiger partial charge in [0.2, 0.25) is 0 Å². The Hall–Kier alpha value is -3.28. The summed E-state index contributed by atoms with van der Waals surface area (Å²) in [6, 6.07) is 7.78. The lowest BCUT2D eigenvalue weighted by Gasteiger charge is -2.14. The lowest BCUT2D eigenvalue weighted by molar-refractivity contribution is 0.397. The summed E-state index contributed by atoms with van der Waals surface area (Å²) in [7, 11) is 6.66. The first-order valence-corrected chi connectivity index (χ1v) is 9.07. The summed E-state index contributed by atoms with van der Waals surface area (Å²) >= 11 is 0. The maximum Gasteiger partial charge on any atom is 0.132 e. The van der Waals surface area contributed by atoms with Crippen molar-refractivity contribution >= 4 is 21.8 Å². The number of fused-ring (bicyclic) bond motifs is 2. The molecule has 0 bridgehead atoms. The molecule has 146 valence electrons. The molecule has 0 saturated heterocycles. The van der Waals surface area contributed by atoms with E-state index in [1.165, 1.54) is 0 Å². The predicted octanol–water partition coefficient (Wildman–Crippen LogP) is 4.84. The van der Waals surface area contributed by atoms with E-state index in [4.69, 9.17) is 18.9 Å². The van der Waals surface area contributed by atoms with Gasteiger partial charge in [-0.15, -0.1) is 0 Å². The second-order valence-electron chi connectivity index (χ2n) is 6.71. The fraction of sp³-hybridized carbons (Fsp3) is 0.273. The lowest BCUT2D eigenvalue weighted by atomic mass is 9.92. The van der Waals surface area contributed by atoms with Crippen LogP contribution in [-0.2, 0) is 0 Å². The van der Waals surface area contributed by atoms with Gasteiger partial charge in [-0.3, -0.25) is 0 Å². The molecule has 0 fully saturated rings. The molecule has 0 unspecified atom stereocenters. The molecule has 0 aliphatic heterocycles. The molecule has 2 aromatic heterocycles. The minimum atomic E-state index is 0.104. The number of nitrogens with one attached hydrogen (secondary N) is 2. The smallest absolute Gasteiger partial charge is 0.132 e. The van der Waals surface area contributed by atoms with Gasteiger partial charge in [0.15, 0.2) is 0 Å². The molecule has 0 spiro atoms. The minimum Gasteiger partial charge on any atom is -0.497 e. The zero-order chi connectivity index (χ0) is 19.8. The van der Waals surface area contributed by atoms with Gasteiger partial charge in [0.05, 0.1) is 39.5 Å². The van der Waals surface area contributed by atoms with E-state index in [0.29, 0.717) is 0 Å². The van der Waals surface area contributed by atoms with Crippen LogP contribution in [0.4, 0.5) is 0 Å². The number of aromatic amines is 2. The summed E-state index contributed by atoms with van der Waals surface area (Å²) in [5.74, 6) is 3.18. The highest BCUT2D eigenvalue weighted by molar-refractivity contribution is 5.95. The average molecular weight is 380 g/mol. The lowest BCUT2D eigenvalue weighted by Crippen LogP contribution is -1.97. The van der Waals surface area contributed by atoms with Gasteiger partial charge < -0.3 is 28.9 Å². The molecule has 0 aliphatic rings. The Bertz CT molecular complexity index is 1050. The highest BCUT2D eigenvalue weighted by Crippen LogP contribution is 2.42. The van der Waals surface area contributed by atoms with Crippen LogP contribution in [0, 0.1) is 0 Å². The van der Waals surface area contributed by atoms with Gasteiger partial charge in [0.25, 0.3) is 0 Å². The molecular weight excluding hydrogens is 356 g/mol. The number of hydrogen-bond donors (Lipinski definition) is 2. The Kier molecular flexibility index (Phi) is 4.55. The molecule has 6 nitrogen and oxygen atoms in total. The van der Waals surface area contributed by atoms with Crippen LogP contribution < -0.4 is 18.9 Å². The number of aromatic nitrogens is 2. The molecule has 2 aromatic carbocycles. The molecule has 28 heavy (non-hydrogen) atoms. The van der Waals surface area contributed by atoms with Crippen LogP contribution in [0.15, 0.2) is 36.7 Å². The predicted molar refractivity (Wildman–Crippen MR) is 110 cm³/mol.